The monoisotopic (exact) mass is 184 g/mol. The Kier molecular flexibility index (Phi) is 5.84. The molecule has 0 bridgehead atoms. The molecule has 0 amide bonds. The van der Waals surface area contributed by atoms with Crippen molar-refractivity contribution >= 4 is 28.6 Å². The van der Waals surface area contributed by atoms with Crippen LogP contribution in [0.3, 0.4) is 0 Å². The molecule has 10 heavy (non-hydrogen) atoms. The summed E-state index contributed by atoms with van der Waals surface area (Å²) in [5.74, 6) is 0. The molecule has 0 aliphatic carbocycles. The van der Waals surface area contributed by atoms with Crippen molar-refractivity contribution in [2.24, 2.45) is 0 Å². The first-order valence-corrected chi connectivity index (χ1v) is 3.98. The van der Waals surface area contributed by atoms with E-state index in [9.17, 15) is 4.79 Å². The van der Waals surface area contributed by atoms with Gasteiger partial charge in [0.1, 0.15) is 0 Å². The Morgan fingerprint density at radius 2 is 2.30 bits per heavy atom. The van der Waals surface area contributed by atoms with Crippen LogP contribution in [0.1, 0.15) is 26.2 Å². The Morgan fingerprint density at radius 3 is 2.70 bits per heavy atom. The number of hydrogen-bond acceptors (Lipinski definition) is 2. The fourth-order valence-electron chi connectivity index (χ4n) is 0.524. The van der Waals surface area contributed by atoms with E-state index in [2.05, 4.69) is 4.74 Å². The number of alkyl halides is 1. The molecular weight excluding hydrogens is 175 g/mol. The van der Waals surface area contributed by atoms with Crippen LogP contribution in [0, 0.1) is 0 Å². The van der Waals surface area contributed by atoms with Crippen molar-refractivity contribution in [1.29, 1.82) is 0 Å². The molecule has 2 nitrogen and oxygen atoms in total. The Bertz CT molecular complexity index is 106. The molecule has 0 radical (unpaired) electrons. The van der Waals surface area contributed by atoms with Gasteiger partial charge in [0, 0.05) is 11.6 Å². The van der Waals surface area contributed by atoms with Gasteiger partial charge in [-0.15, -0.1) is 0 Å². The normalized spacial score (nSPS) is 12.7. The van der Waals surface area contributed by atoms with E-state index < -0.39 is 11.0 Å². The zero-order valence-corrected chi connectivity index (χ0v) is 7.28. The van der Waals surface area contributed by atoms with Gasteiger partial charge in [-0.25, -0.2) is 4.79 Å². The fraction of sp³-hybridized carbons (Fsp3) is 0.833. The molecule has 0 N–H and O–H groups in total. The van der Waals surface area contributed by atoms with E-state index in [1.165, 1.54) is 0 Å². The van der Waals surface area contributed by atoms with Gasteiger partial charge in [0.25, 0.3) is 0 Å². The van der Waals surface area contributed by atoms with Crippen molar-refractivity contribution in [2.45, 2.75) is 31.7 Å². The number of ether oxygens (including phenoxy) is 1. The summed E-state index contributed by atoms with van der Waals surface area (Å²) in [6.45, 7) is 2.03. The first kappa shape index (κ1) is 10.0. The second-order valence-corrected chi connectivity index (χ2v) is 2.70. The van der Waals surface area contributed by atoms with Crippen molar-refractivity contribution in [3.8, 4) is 0 Å². The van der Waals surface area contributed by atoms with Crippen LogP contribution in [0.2, 0.25) is 0 Å². The lowest BCUT2D eigenvalue weighted by Gasteiger charge is -2.06. The fourth-order valence-corrected chi connectivity index (χ4v) is 0.912. The molecule has 0 heterocycles. The summed E-state index contributed by atoms with van der Waals surface area (Å²) in [6.07, 6.45) is 2.64. The number of carbonyl (C=O) groups excluding carboxylic acids is 1. The third kappa shape index (κ3) is 6.17. The minimum atomic E-state index is -0.837. The van der Waals surface area contributed by atoms with Gasteiger partial charge < -0.3 is 4.74 Å². The van der Waals surface area contributed by atoms with Crippen molar-refractivity contribution in [3.63, 3.8) is 0 Å². The quantitative estimate of drug-likeness (QED) is 0.496. The zero-order valence-electron chi connectivity index (χ0n) is 5.77. The van der Waals surface area contributed by atoms with Crippen molar-refractivity contribution in [1.82, 2.24) is 0 Å². The highest BCUT2D eigenvalue weighted by Gasteiger charge is 2.06. The third-order valence-electron chi connectivity index (χ3n) is 1.01. The van der Waals surface area contributed by atoms with Crippen LogP contribution < -0.4 is 0 Å². The van der Waals surface area contributed by atoms with E-state index in [1.807, 2.05) is 6.92 Å². The number of rotatable bonds is 4. The van der Waals surface area contributed by atoms with Crippen molar-refractivity contribution in [2.75, 3.05) is 0 Å². The highest BCUT2D eigenvalue weighted by molar-refractivity contribution is 6.61. The molecule has 0 saturated heterocycles. The van der Waals surface area contributed by atoms with Crippen LogP contribution in [-0.4, -0.2) is 11.0 Å². The van der Waals surface area contributed by atoms with E-state index >= 15 is 0 Å². The van der Waals surface area contributed by atoms with Crippen molar-refractivity contribution in [3.05, 3.63) is 0 Å². The lowest BCUT2D eigenvalue weighted by molar-refractivity contribution is 0.154. The number of halogens is 2. The maximum absolute atomic E-state index is 10.1. The minimum absolute atomic E-state index is 0.565. The maximum atomic E-state index is 10.1. The van der Waals surface area contributed by atoms with Crippen LogP contribution in [0.4, 0.5) is 4.79 Å². The van der Waals surface area contributed by atoms with E-state index in [0.29, 0.717) is 6.42 Å². The summed E-state index contributed by atoms with van der Waals surface area (Å²) in [5, 5.41) is 0. The zero-order chi connectivity index (χ0) is 7.98. The second kappa shape index (κ2) is 5.81. The molecule has 4 heteroatoms. The summed E-state index contributed by atoms with van der Waals surface area (Å²) >= 11 is 10.4. The molecule has 1 unspecified atom stereocenters. The SMILES string of the molecule is CCCCC(Cl)OC(=O)Cl. The molecule has 60 valence electrons. The third-order valence-corrected chi connectivity index (χ3v) is 1.40. The lowest BCUT2D eigenvalue weighted by atomic mass is 10.3. The first-order valence-electron chi connectivity index (χ1n) is 3.17. The Hall–Kier alpha value is 0.0500. The first-order chi connectivity index (χ1) is 4.66. The number of unbranched alkanes of at least 4 members (excludes halogenated alkanes) is 1. The van der Waals surface area contributed by atoms with Gasteiger partial charge in [-0.2, -0.15) is 0 Å². The van der Waals surface area contributed by atoms with Gasteiger partial charge in [0.05, 0.1) is 0 Å². The molecule has 0 aromatic heterocycles. The summed E-state index contributed by atoms with van der Waals surface area (Å²) in [6, 6.07) is 0. The van der Waals surface area contributed by atoms with Crippen molar-refractivity contribution < 1.29 is 9.53 Å². The predicted octanol–water partition coefficient (Wildman–Crippen LogP) is 3.12. The topological polar surface area (TPSA) is 26.3 Å². The largest absolute Gasteiger partial charge is 0.434 e. The molecule has 0 rings (SSSR count). The number of carbonyl (C=O) groups is 1. The highest BCUT2D eigenvalue weighted by atomic mass is 35.5. The molecule has 0 aliphatic heterocycles. The average Bonchev–Trinajstić information content (AvgIpc) is 1.82. The van der Waals surface area contributed by atoms with Crippen LogP contribution in [0.5, 0.6) is 0 Å². The smallest absolute Gasteiger partial charge is 0.405 e. The van der Waals surface area contributed by atoms with Gasteiger partial charge in [-0.3, -0.25) is 0 Å². The molecule has 0 saturated carbocycles. The molecule has 0 aliphatic rings. The summed E-state index contributed by atoms with van der Waals surface area (Å²) in [5.41, 5.74) is -1.40. The van der Waals surface area contributed by atoms with Crippen LogP contribution >= 0.6 is 23.2 Å². The van der Waals surface area contributed by atoms with E-state index in [0.717, 1.165) is 12.8 Å². The summed E-state index contributed by atoms with van der Waals surface area (Å²) in [7, 11) is 0. The Morgan fingerprint density at radius 1 is 1.70 bits per heavy atom. The van der Waals surface area contributed by atoms with Gasteiger partial charge in [-0.05, 0) is 12.8 Å². The predicted molar refractivity (Wildman–Crippen MR) is 41.5 cm³/mol. The van der Waals surface area contributed by atoms with Gasteiger partial charge >= 0.3 is 5.43 Å². The Labute approximate surface area is 70.4 Å². The minimum Gasteiger partial charge on any atom is -0.434 e. The standard InChI is InChI=1S/C6H10Cl2O2/c1-2-3-4-5(7)10-6(8)9/h5H,2-4H2,1H3. The van der Waals surface area contributed by atoms with E-state index in [4.69, 9.17) is 23.2 Å². The Balaban J connectivity index is 3.25. The average molecular weight is 185 g/mol. The van der Waals surface area contributed by atoms with Gasteiger partial charge in [0.15, 0.2) is 5.56 Å². The highest BCUT2D eigenvalue weighted by Crippen LogP contribution is 2.10. The molecular formula is C6H10Cl2O2. The lowest BCUT2D eigenvalue weighted by Crippen LogP contribution is -2.06. The van der Waals surface area contributed by atoms with Gasteiger partial charge in [-0.1, -0.05) is 24.9 Å². The molecule has 0 aromatic rings. The molecule has 0 fully saturated rings. The summed E-state index contributed by atoms with van der Waals surface area (Å²) < 4.78 is 4.44. The van der Waals surface area contributed by atoms with E-state index in [1.54, 1.807) is 0 Å². The second-order valence-electron chi connectivity index (χ2n) is 1.91. The number of hydrogen-bond donors (Lipinski definition) is 0. The van der Waals surface area contributed by atoms with E-state index in [-0.39, 0.29) is 0 Å². The van der Waals surface area contributed by atoms with Crippen LogP contribution in [-0.2, 0) is 4.74 Å². The molecule has 1 atom stereocenters. The van der Waals surface area contributed by atoms with Gasteiger partial charge in [0.2, 0.25) is 0 Å². The molecule has 0 spiro atoms. The summed E-state index contributed by atoms with van der Waals surface area (Å²) in [4.78, 5) is 10.1. The van der Waals surface area contributed by atoms with Crippen LogP contribution in [0.15, 0.2) is 0 Å². The van der Waals surface area contributed by atoms with Crippen LogP contribution in [0.25, 0.3) is 0 Å². The maximum Gasteiger partial charge on any atom is 0.405 e. The molecule has 0 aromatic carbocycles.